The lowest BCUT2D eigenvalue weighted by Gasteiger charge is -2.37. The van der Waals surface area contributed by atoms with Crippen LogP contribution in [0.15, 0.2) is 18.5 Å². The summed E-state index contributed by atoms with van der Waals surface area (Å²) in [7, 11) is 2.01. The van der Waals surface area contributed by atoms with Gasteiger partial charge < -0.3 is 15.0 Å². The molecular formula is C13H22N4O2. The molecule has 0 spiro atoms. The smallest absolute Gasteiger partial charge is 0.253 e. The van der Waals surface area contributed by atoms with Crippen LogP contribution in [0.2, 0.25) is 0 Å². The van der Waals surface area contributed by atoms with Crippen LogP contribution in [0, 0.1) is 0 Å². The van der Waals surface area contributed by atoms with Crippen molar-refractivity contribution in [3.8, 4) is 0 Å². The average Bonchev–Trinajstić information content (AvgIpc) is 2.87. The molecule has 106 valence electrons. The van der Waals surface area contributed by atoms with Crippen molar-refractivity contribution in [1.82, 2.24) is 20.0 Å². The Morgan fingerprint density at radius 2 is 2.42 bits per heavy atom. The molecule has 1 aliphatic rings. The van der Waals surface area contributed by atoms with Crippen LogP contribution in [0.5, 0.6) is 0 Å². The summed E-state index contributed by atoms with van der Waals surface area (Å²) in [6.07, 6.45) is 4.53. The predicted molar refractivity (Wildman–Crippen MR) is 71.7 cm³/mol. The Bertz CT molecular complexity index is 407. The van der Waals surface area contributed by atoms with Crippen LogP contribution in [0.1, 0.15) is 13.3 Å². The number of ether oxygens (including phenoxy) is 1. The summed E-state index contributed by atoms with van der Waals surface area (Å²) in [6.45, 7) is 5.42. The van der Waals surface area contributed by atoms with Gasteiger partial charge in [-0.3, -0.25) is 9.48 Å². The highest BCUT2D eigenvalue weighted by Gasteiger charge is 2.37. The van der Waals surface area contributed by atoms with E-state index < -0.39 is 5.60 Å². The van der Waals surface area contributed by atoms with Crippen LogP contribution in [-0.2, 0) is 16.1 Å². The number of likely N-dealkylation sites (N-methyl/N-ethyl adjacent to an activating group) is 1. The molecule has 2 rings (SSSR count). The van der Waals surface area contributed by atoms with E-state index in [4.69, 9.17) is 4.74 Å². The van der Waals surface area contributed by atoms with E-state index in [0.29, 0.717) is 19.7 Å². The number of hydrogen-bond acceptors (Lipinski definition) is 4. The topological polar surface area (TPSA) is 59.4 Å². The molecule has 1 aromatic heterocycles. The Morgan fingerprint density at radius 3 is 3.11 bits per heavy atom. The van der Waals surface area contributed by atoms with Gasteiger partial charge in [0.25, 0.3) is 5.91 Å². The van der Waals surface area contributed by atoms with Gasteiger partial charge in [-0.05, 0) is 26.5 Å². The largest absolute Gasteiger partial charge is 0.363 e. The zero-order valence-corrected chi connectivity index (χ0v) is 11.6. The zero-order chi connectivity index (χ0) is 13.7. The molecule has 0 saturated carbocycles. The fraction of sp³-hybridized carbons (Fsp3) is 0.692. The summed E-state index contributed by atoms with van der Waals surface area (Å²) >= 11 is 0. The summed E-state index contributed by atoms with van der Waals surface area (Å²) in [5.41, 5.74) is -0.724. The van der Waals surface area contributed by atoms with E-state index in [1.54, 1.807) is 6.20 Å². The fourth-order valence-corrected chi connectivity index (χ4v) is 2.27. The third-order valence-electron chi connectivity index (χ3n) is 3.35. The molecule has 0 bridgehead atoms. The molecule has 1 N–H and O–H groups in total. The van der Waals surface area contributed by atoms with Gasteiger partial charge >= 0.3 is 0 Å². The average molecular weight is 266 g/mol. The normalized spacial score (nSPS) is 24.3. The van der Waals surface area contributed by atoms with Crippen molar-refractivity contribution in [1.29, 1.82) is 0 Å². The van der Waals surface area contributed by atoms with Crippen LogP contribution >= 0.6 is 0 Å². The maximum absolute atomic E-state index is 12.1. The minimum atomic E-state index is -0.724. The van der Waals surface area contributed by atoms with E-state index >= 15 is 0 Å². The SMILES string of the molecule is CN1CCO[C@](C)(C(=O)NCCCn2cccn2)C1. The molecule has 2 heterocycles. The van der Waals surface area contributed by atoms with Gasteiger partial charge in [-0.2, -0.15) is 5.10 Å². The second-order valence-corrected chi connectivity index (χ2v) is 5.20. The van der Waals surface area contributed by atoms with Crippen molar-refractivity contribution in [2.75, 3.05) is 33.3 Å². The molecule has 0 radical (unpaired) electrons. The second kappa shape index (κ2) is 6.16. The number of aryl methyl sites for hydroxylation is 1. The number of nitrogens with one attached hydrogen (secondary N) is 1. The number of carbonyl (C=O) groups excluding carboxylic acids is 1. The third kappa shape index (κ3) is 3.78. The highest BCUT2D eigenvalue weighted by Crippen LogP contribution is 2.16. The van der Waals surface area contributed by atoms with Crippen molar-refractivity contribution in [2.24, 2.45) is 0 Å². The molecule has 1 aromatic rings. The summed E-state index contributed by atoms with van der Waals surface area (Å²) in [5, 5.41) is 7.06. The van der Waals surface area contributed by atoms with Crippen molar-refractivity contribution in [3.63, 3.8) is 0 Å². The van der Waals surface area contributed by atoms with E-state index in [0.717, 1.165) is 19.5 Å². The number of nitrogens with zero attached hydrogens (tertiary/aromatic N) is 3. The monoisotopic (exact) mass is 266 g/mol. The van der Waals surface area contributed by atoms with E-state index in [1.165, 1.54) is 0 Å². The minimum Gasteiger partial charge on any atom is -0.363 e. The molecule has 1 atom stereocenters. The first-order valence-electron chi connectivity index (χ1n) is 6.68. The van der Waals surface area contributed by atoms with Gasteiger partial charge in [-0.25, -0.2) is 0 Å². The van der Waals surface area contributed by atoms with Crippen LogP contribution in [-0.4, -0.2) is 59.5 Å². The summed E-state index contributed by atoms with van der Waals surface area (Å²) in [4.78, 5) is 14.3. The highest BCUT2D eigenvalue weighted by atomic mass is 16.5. The van der Waals surface area contributed by atoms with Crippen LogP contribution in [0.25, 0.3) is 0 Å². The van der Waals surface area contributed by atoms with Gasteiger partial charge in [0.15, 0.2) is 5.60 Å². The molecular weight excluding hydrogens is 244 g/mol. The van der Waals surface area contributed by atoms with Crippen molar-refractivity contribution in [2.45, 2.75) is 25.5 Å². The number of morpholine rings is 1. The quantitative estimate of drug-likeness (QED) is 0.769. The van der Waals surface area contributed by atoms with Gasteiger partial charge in [0.1, 0.15) is 0 Å². The van der Waals surface area contributed by atoms with Gasteiger partial charge in [-0.15, -0.1) is 0 Å². The maximum atomic E-state index is 12.1. The van der Waals surface area contributed by atoms with Crippen LogP contribution in [0.3, 0.4) is 0 Å². The molecule has 0 unspecified atom stereocenters. The molecule has 0 aromatic carbocycles. The molecule has 1 aliphatic heterocycles. The van der Waals surface area contributed by atoms with Gasteiger partial charge in [0.2, 0.25) is 0 Å². The number of rotatable bonds is 5. The first-order chi connectivity index (χ1) is 9.10. The molecule has 19 heavy (non-hydrogen) atoms. The number of hydrogen-bond donors (Lipinski definition) is 1. The van der Waals surface area contributed by atoms with Gasteiger partial charge in [0.05, 0.1) is 6.61 Å². The van der Waals surface area contributed by atoms with Gasteiger partial charge in [-0.1, -0.05) is 0 Å². The number of amides is 1. The Morgan fingerprint density at radius 1 is 1.58 bits per heavy atom. The standard InChI is InChI=1S/C13H22N4O2/c1-13(11-16(2)9-10-19-13)12(18)14-5-3-7-17-8-4-6-15-17/h4,6,8H,3,5,7,9-11H2,1-2H3,(H,14,18)/t13-/m0/s1. The number of aromatic nitrogens is 2. The van der Waals surface area contributed by atoms with Crippen LogP contribution < -0.4 is 5.32 Å². The summed E-state index contributed by atoms with van der Waals surface area (Å²) in [6, 6.07) is 1.89. The van der Waals surface area contributed by atoms with E-state index in [2.05, 4.69) is 15.3 Å². The lowest BCUT2D eigenvalue weighted by atomic mass is 10.0. The van der Waals surface area contributed by atoms with Crippen LogP contribution in [0.4, 0.5) is 0 Å². The van der Waals surface area contributed by atoms with E-state index in [1.807, 2.05) is 30.9 Å². The Labute approximate surface area is 113 Å². The first kappa shape index (κ1) is 14.0. The minimum absolute atomic E-state index is 0.0282. The fourth-order valence-electron chi connectivity index (χ4n) is 2.27. The Balaban J connectivity index is 1.71. The number of carbonyl (C=O) groups is 1. The predicted octanol–water partition coefficient (Wildman–Crippen LogP) is 0.110. The first-order valence-corrected chi connectivity index (χ1v) is 6.68. The lowest BCUT2D eigenvalue weighted by molar-refractivity contribution is -0.155. The van der Waals surface area contributed by atoms with Gasteiger partial charge in [0, 0.05) is 38.6 Å². The highest BCUT2D eigenvalue weighted by molar-refractivity contribution is 5.85. The maximum Gasteiger partial charge on any atom is 0.253 e. The molecule has 1 saturated heterocycles. The zero-order valence-electron chi connectivity index (χ0n) is 11.6. The molecule has 6 heteroatoms. The third-order valence-corrected chi connectivity index (χ3v) is 3.35. The summed E-state index contributed by atoms with van der Waals surface area (Å²) in [5.74, 6) is -0.0282. The molecule has 0 aliphatic carbocycles. The second-order valence-electron chi connectivity index (χ2n) is 5.20. The Hall–Kier alpha value is -1.40. The van der Waals surface area contributed by atoms with Crippen molar-refractivity contribution in [3.05, 3.63) is 18.5 Å². The van der Waals surface area contributed by atoms with E-state index in [-0.39, 0.29) is 5.91 Å². The summed E-state index contributed by atoms with van der Waals surface area (Å²) < 4.78 is 7.49. The lowest BCUT2D eigenvalue weighted by Crippen LogP contribution is -2.57. The molecule has 1 fully saturated rings. The van der Waals surface area contributed by atoms with Crippen molar-refractivity contribution < 1.29 is 9.53 Å². The Kier molecular flexibility index (Phi) is 4.55. The molecule has 6 nitrogen and oxygen atoms in total. The van der Waals surface area contributed by atoms with E-state index in [9.17, 15) is 4.79 Å². The van der Waals surface area contributed by atoms with Crippen molar-refractivity contribution >= 4 is 5.91 Å². The molecule has 1 amide bonds.